The van der Waals surface area contributed by atoms with Crippen molar-refractivity contribution in [1.82, 2.24) is 5.32 Å². The van der Waals surface area contributed by atoms with Crippen molar-refractivity contribution in [2.75, 3.05) is 11.9 Å². The second-order valence-corrected chi connectivity index (χ2v) is 3.91. The summed E-state index contributed by atoms with van der Waals surface area (Å²) in [6.45, 7) is 4.18. The lowest BCUT2D eigenvalue weighted by atomic mass is 10.2. The molecule has 1 rings (SSSR count). The van der Waals surface area contributed by atoms with Crippen molar-refractivity contribution in [2.45, 2.75) is 20.0 Å². The number of anilines is 1. The molecule has 0 heterocycles. The van der Waals surface area contributed by atoms with Crippen molar-refractivity contribution < 1.29 is 5.11 Å². The normalized spacial score (nSPS) is 11.9. The number of aliphatic hydroxyl groups excluding tert-OH is 1. The zero-order chi connectivity index (χ0) is 11.3. The van der Waals surface area contributed by atoms with E-state index < -0.39 is 6.10 Å². The van der Waals surface area contributed by atoms with E-state index in [4.69, 9.17) is 17.3 Å². The predicted octanol–water partition coefficient (Wildman–Crippen LogP) is 1.66. The summed E-state index contributed by atoms with van der Waals surface area (Å²) in [5.41, 5.74) is 2.12. The minimum absolute atomic E-state index is 0.401. The molecule has 0 aliphatic rings. The minimum Gasteiger partial charge on any atom is -0.392 e. The van der Waals surface area contributed by atoms with Crippen molar-refractivity contribution in [3.8, 4) is 0 Å². The third-order valence-corrected chi connectivity index (χ3v) is 2.20. The average molecular weight is 224 g/mol. The van der Waals surface area contributed by atoms with Crippen molar-refractivity contribution in [3.63, 3.8) is 0 Å². The Balaban J connectivity index is 2.48. The first kappa shape index (κ1) is 11.9. The number of benzene rings is 1. The molecular formula is C11H16N2OS. The van der Waals surface area contributed by atoms with Crippen molar-refractivity contribution in [2.24, 2.45) is 0 Å². The van der Waals surface area contributed by atoms with Gasteiger partial charge in [0.1, 0.15) is 0 Å². The van der Waals surface area contributed by atoms with Gasteiger partial charge in [-0.1, -0.05) is 18.2 Å². The molecule has 0 saturated heterocycles. The van der Waals surface area contributed by atoms with E-state index in [9.17, 15) is 0 Å². The van der Waals surface area contributed by atoms with Crippen LogP contribution in [-0.2, 0) is 0 Å². The van der Waals surface area contributed by atoms with Crippen LogP contribution in [-0.4, -0.2) is 22.9 Å². The quantitative estimate of drug-likeness (QED) is 0.683. The molecule has 1 atom stereocenters. The summed E-state index contributed by atoms with van der Waals surface area (Å²) in [4.78, 5) is 0. The molecule has 1 aromatic rings. The van der Waals surface area contributed by atoms with E-state index in [1.54, 1.807) is 6.92 Å². The van der Waals surface area contributed by atoms with Gasteiger partial charge in [-0.2, -0.15) is 0 Å². The lowest BCUT2D eigenvalue weighted by molar-refractivity contribution is 0.198. The van der Waals surface area contributed by atoms with Gasteiger partial charge in [0.2, 0.25) is 0 Å². The SMILES string of the molecule is Cc1ccccc1NC(=S)NC[C@@H](C)O. The molecule has 4 heteroatoms. The number of nitrogens with one attached hydrogen (secondary N) is 2. The molecule has 82 valence electrons. The highest BCUT2D eigenvalue weighted by Gasteiger charge is 2.00. The van der Waals surface area contributed by atoms with E-state index in [0.29, 0.717) is 11.7 Å². The Morgan fingerprint density at radius 1 is 1.47 bits per heavy atom. The van der Waals surface area contributed by atoms with Gasteiger partial charge in [-0.05, 0) is 37.7 Å². The molecule has 0 aliphatic heterocycles. The Hall–Kier alpha value is -1.13. The summed E-state index contributed by atoms with van der Waals surface area (Å²) < 4.78 is 0. The van der Waals surface area contributed by atoms with Crippen molar-refractivity contribution in [3.05, 3.63) is 29.8 Å². The van der Waals surface area contributed by atoms with E-state index in [2.05, 4.69) is 10.6 Å². The van der Waals surface area contributed by atoms with Crippen LogP contribution in [0.2, 0.25) is 0 Å². The maximum Gasteiger partial charge on any atom is 0.170 e. The minimum atomic E-state index is -0.401. The van der Waals surface area contributed by atoms with Gasteiger partial charge in [0.25, 0.3) is 0 Å². The van der Waals surface area contributed by atoms with E-state index in [1.165, 1.54) is 0 Å². The zero-order valence-corrected chi connectivity index (χ0v) is 9.77. The fraction of sp³-hybridized carbons (Fsp3) is 0.364. The summed E-state index contributed by atoms with van der Waals surface area (Å²) in [6, 6.07) is 7.91. The number of hydrogen-bond donors (Lipinski definition) is 3. The molecule has 3 N–H and O–H groups in total. The first-order chi connectivity index (χ1) is 7.09. The molecule has 0 fully saturated rings. The largest absolute Gasteiger partial charge is 0.392 e. The third kappa shape index (κ3) is 4.27. The van der Waals surface area contributed by atoms with Gasteiger partial charge < -0.3 is 15.7 Å². The topological polar surface area (TPSA) is 44.3 Å². The van der Waals surface area contributed by atoms with Crippen LogP contribution in [0.25, 0.3) is 0 Å². The Morgan fingerprint density at radius 3 is 2.73 bits per heavy atom. The number of rotatable bonds is 3. The molecule has 15 heavy (non-hydrogen) atoms. The van der Waals surface area contributed by atoms with Crippen LogP contribution in [0.4, 0.5) is 5.69 Å². The van der Waals surface area contributed by atoms with Crippen LogP contribution in [0.3, 0.4) is 0 Å². The second kappa shape index (κ2) is 5.68. The molecule has 0 aromatic heterocycles. The van der Waals surface area contributed by atoms with Gasteiger partial charge >= 0.3 is 0 Å². The second-order valence-electron chi connectivity index (χ2n) is 3.50. The van der Waals surface area contributed by atoms with Crippen LogP contribution in [0.15, 0.2) is 24.3 Å². The highest BCUT2D eigenvalue weighted by atomic mass is 32.1. The lowest BCUT2D eigenvalue weighted by Crippen LogP contribution is -2.34. The smallest absolute Gasteiger partial charge is 0.170 e. The molecule has 0 saturated carbocycles. The lowest BCUT2D eigenvalue weighted by Gasteiger charge is -2.13. The number of para-hydroxylation sites is 1. The highest BCUT2D eigenvalue weighted by molar-refractivity contribution is 7.80. The van der Waals surface area contributed by atoms with Crippen LogP contribution < -0.4 is 10.6 Å². The highest BCUT2D eigenvalue weighted by Crippen LogP contribution is 2.12. The van der Waals surface area contributed by atoms with Crippen LogP contribution in [0.1, 0.15) is 12.5 Å². The van der Waals surface area contributed by atoms with Crippen LogP contribution >= 0.6 is 12.2 Å². The summed E-state index contributed by atoms with van der Waals surface area (Å²) in [6.07, 6.45) is -0.401. The fourth-order valence-electron chi connectivity index (χ4n) is 1.12. The molecule has 0 bridgehead atoms. The molecule has 0 spiro atoms. The molecular weight excluding hydrogens is 208 g/mol. The van der Waals surface area contributed by atoms with Crippen molar-refractivity contribution in [1.29, 1.82) is 0 Å². The maximum absolute atomic E-state index is 9.07. The Morgan fingerprint density at radius 2 is 2.13 bits per heavy atom. The molecule has 3 nitrogen and oxygen atoms in total. The summed E-state index contributed by atoms with van der Waals surface area (Å²) in [7, 11) is 0. The Labute approximate surface area is 95.5 Å². The molecule has 0 radical (unpaired) electrons. The zero-order valence-electron chi connectivity index (χ0n) is 8.95. The summed E-state index contributed by atoms with van der Waals surface area (Å²) in [5, 5.41) is 15.6. The van der Waals surface area contributed by atoms with Crippen molar-refractivity contribution >= 4 is 23.0 Å². The van der Waals surface area contributed by atoms with Gasteiger partial charge in [-0.3, -0.25) is 0 Å². The van der Waals surface area contributed by atoms with Gasteiger partial charge in [0.05, 0.1) is 6.10 Å². The number of aryl methyl sites for hydroxylation is 1. The Bertz CT molecular complexity index is 339. The van der Waals surface area contributed by atoms with Crippen LogP contribution in [0.5, 0.6) is 0 Å². The van der Waals surface area contributed by atoms with E-state index in [0.717, 1.165) is 11.3 Å². The number of aliphatic hydroxyl groups is 1. The monoisotopic (exact) mass is 224 g/mol. The molecule has 1 aromatic carbocycles. The molecule has 0 aliphatic carbocycles. The van der Waals surface area contributed by atoms with E-state index >= 15 is 0 Å². The summed E-state index contributed by atoms with van der Waals surface area (Å²) in [5.74, 6) is 0. The molecule has 0 unspecified atom stereocenters. The van der Waals surface area contributed by atoms with Gasteiger partial charge in [-0.25, -0.2) is 0 Å². The van der Waals surface area contributed by atoms with Gasteiger partial charge in [0, 0.05) is 12.2 Å². The number of thiocarbonyl (C=S) groups is 1. The third-order valence-electron chi connectivity index (χ3n) is 1.95. The first-order valence-corrected chi connectivity index (χ1v) is 5.29. The predicted molar refractivity (Wildman–Crippen MR) is 67.1 cm³/mol. The average Bonchev–Trinajstić information content (AvgIpc) is 2.18. The van der Waals surface area contributed by atoms with Crippen LogP contribution in [0, 0.1) is 6.92 Å². The molecule has 0 amide bonds. The fourth-order valence-corrected chi connectivity index (χ4v) is 1.31. The standard InChI is InChI=1S/C11H16N2OS/c1-8-5-3-4-6-10(8)13-11(15)12-7-9(2)14/h3-6,9,14H,7H2,1-2H3,(H2,12,13,15)/t9-/m1/s1. The van der Waals surface area contributed by atoms with Gasteiger partial charge in [0.15, 0.2) is 5.11 Å². The first-order valence-electron chi connectivity index (χ1n) is 4.88. The Kier molecular flexibility index (Phi) is 4.52. The van der Waals surface area contributed by atoms with E-state index in [1.807, 2.05) is 31.2 Å². The van der Waals surface area contributed by atoms with E-state index in [-0.39, 0.29) is 0 Å². The summed E-state index contributed by atoms with van der Waals surface area (Å²) >= 11 is 5.08. The van der Waals surface area contributed by atoms with Gasteiger partial charge in [-0.15, -0.1) is 0 Å². The maximum atomic E-state index is 9.07. The number of hydrogen-bond acceptors (Lipinski definition) is 2.